The summed E-state index contributed by atoms with van der Waals surface area (Å²) in [6.07, 6.45) is 4.46. The minimum absolute atomic E-state index is 0.148. The number of aromatic nitrogens is 5. The van der Waals surface area contributed by atoms with Crippen molar-refractivity contribution >= 4 is 0 Å². The van der Waals surface area contributed by atoms with Crippen LogP contribution in [-0.4, -0.2) is 25.4 Å². The van der Waals surface area contributed by atoms with Gasteiger partial charge in [-0.1, -0.05) is 47.6 Å². The summed E-state index contributed by atoms with van der Waals surface area (Å²) in [7, 11) is 0. The Bertz CT molecular complexity index is 1010. The molecule has 0 aromatic carbocycles. The molecule has 0 unspecified atom stereocenters. The maximum Gasteiger partial charge on any atom is 0.114 e. The number of fused-ring (bicyclic) bond motifs is 1. The SMILES string of the molecule is CC(C)Cc1[nH]nc(-c2cccc(-c3n[nH]c4c3CCCC4(C)C)n2)c1C(C)C. The predicted molar refractivity (Wildman–Crippen MR) is 118 cm³/mol. The molecule has 1 aliphatic rings. The van der Waals surface area contributed by atoms with Gasteiger partial charge in [0.15, 0.2) is 0 Å². The first-order chi connectivity index (χ1) is 13.8. The maximum absolute atomic E-state index is 5.01. The van der Waals surface area contributed by atoms with Crippen molar-refractivity contribution in [1.82, 2.24) is 25.4 Å². The number of pyridine rings is 1. The van der Waals surface area contributed by atoms with E-state index >= 15 is 0 Å². The first-order valence-electron chi connectivity index (χ1n) is 10.9. The molecule has 29 heavy (non-hydrogen) atoms. The van der Waals surface area contributed by atoms with Gasteiger partial charge >= 0.3 is 0 Å². The summed E-state index contributed by atoms with van der Waals surface area (Å²) in [5.41, 5.74) is 9.09. The van der Waals surface area contributed by atoms with E-state index in [1.807, 2.05) is 0 Å². The van der Waals surface area contributed by atoms with E-state index in [1.54, 1.807) is 0 Å². The molecular weight excluding hydrogens is 358 g/mol. The number of rotatable bonds is 5. The molecular formula is C24H33N5. The van der Waals surface area contributed by atoms with Crippen LogP contribution in [0.2, 0.25) is 0 Å². The molecule has 4 rings (SSSR count). The molecule has 0 saturated carbocycles. The molecule has 5 nitrogen and oxygen atoms in total. The fraction of sp³-hybridized carbons (Fsp3) is 0.542. The van der Waals surface area contributed by atoms with Crippen LogP contribution in [0.3, 0.4) is 0 Å². The molecule has 3 aromatic rings. The van der Waals surface area contributed by atoms with E-state index in [1.165, 1.54) is 35.4 Å². The van der Waals surface area contributed by atoms with Crippen molar-refractivity contribution in [2.24, 2.45) is 5.92 Å². The monoisotopic (exact) mass is 391 g/mol. The lowest BCUT2D eigenvalue weighted by molar-refractivity contribution is 0.420. The lowest BCUT2D eigenvalue weighted by Gasteiger charge is -2.29. The van der Waals surface area contributed by atoms with Crippen LogP contribution < -0.4 is 0 Å². The Hall–Kier alpha value is -2.43. The zero-order valence-corrected chi connectivity index (χ0v) is 18.6. The van der Waals surface area contributed by atoms with Crippen LogP contribution >= 0.6 is 0 Å². The number of H-pyrrole nitrogens is 2. The molecule has 0 radical (unpaired) electrons. The second-order valence-corrected chi connectivity index (χ2v) is 9.79. The highest BCUT2D eigenvalue weighted by atomic mass is 15.1. The number of nitrogens with one attached hydrogen (secondary N) is 2. The van der Waals surface area contributed by atoms with Gasteiger partial charge in [0.25, 0.3) is 0 Å². The van der Waals surface area contributed by atoms with Gasteiger partial charge in [0, 0.05) is 27.9 Å². The normalized spacial score (nSPS) is 15.9. The maximum atomic E-state index is 5.01. The molecule has 3 heterocycles. The van der Waals surface area contributed by atoms with Gasteiger partial charge in [-0.05, 0) is 49.7 Å². The van der Waals surface area contributed by atoms with Gasteiger partial charge in [-0.15, -0.1) is 0 Å². The molecule has 0 saturated heterocycles. The van der Waals surface area contributed by atoms with Crippen molar-refractivity contribution in [3.8, 4) is 22.8 Å². The van der Waals surface area contributed by atoms with Crippen molar-refractivity contribution in [1.29, 1.82) is 0 Å². The fourth-order valence-electron chi connectivity index (χ4n) is 4.68. The van der Waals surface area contributed by atoms with Crippen molar-refractivity contribution < 1.29 is 0 Å². The third-order valence-electron chi connectivity index (χ3n) is 6.08. The van der Waals surface area contributed by atoms with E-state index in [-0.39, 0.29) is 5.41 Å². The molecule has 3 aromatic heterocycles. The van der Waals surface area contributed by atoms with Crippen LogP contribution in [0.15, 0.2) is 18.2 Å². The van der Waals surface area contributed by atoms with E-state index in [4.69, 9.17) is 4.98 Å². The number of aromatic amines is 2. The quantitative estimate of drug-likeness (QED) is 0.577. The topological polar surface area (TPSA) is 70.2 Å². The summed E-state index contributed by atoms with van der Waals surface area (Å²) in [6, 6.07) is 6.21. The fourth-order valence-corrected chi connectivity index (χ4v) is 4.68. The lowest BCUT2D eigenvalue weighted by atomic mass is 9.76. The highest BCUT2D eigenvalue weighted by Gasteiger charge is 2.32. The van der Waals surface area contributed by atoms with E-state index in [0.717, 1.165) is 35.6 Å². The van der Waals surface area contributed by atoms with Gasteiger partial charge < -0.3 is 0 Å². The van der Waals surface area contributed by atoms with Crippen LogP contribution in [0, 0.1) is 5.92 Å². The highest BCUT2D eigenvalue weighted by Crippen LogP contribution is 2.39. The van der Waals surface area contributed by atoms with Crippen molar-refractivity contribution in [2.75, 3.05) is 0 Å². The highest BCUT2D eigenvalue weighted by molar-refractivity contribution is 5.67. The van der Waals surface area contributed by atoms with Crippen molar-refractivity contribution in [3.63, 3.8) is 0 Å². The van der Waals surface area contributed by atoms with Gasteiger partial charge in [-0.2, -0.15) is 10.2 Å². The van der Waals surface area contributed by atoms with E-state index in [2.05, 4.69) is 80.1 Å². The van der Waals surface area contributed by atoms with Gasteiger partial charge in [0.1, 0.15) is 11.4 Å². The Balaban J connectivity index is 1.77. The first-order valence-corrected chi connectivity index (χ1v) is 10.9. The second kappa shape index (κ2) is 7.43. The van der Waals surface area contributed by atoms with Crippen LogP contribution in [-0.2, 0) is 18.3 Å². The lowest BCUT2D eigenvalue weighted by Crippen LogP contribution is -2.23. The van der Waals surface area contributed by atoms with Crippen molar-refractivity contribution in [2.45, 2.75) is 78.6 Å². The summed E-state index contributed by atoms with van der Waals surface area (Å²) < 4.78 is 0. The average molecular weight is 392 g/mol. The number of hydrogen-bond acceptors (Lipinski definition) is 3. The van der Waals surface area contributed by atoms with Crippen LogP contribution in [0.4, 0.5) is 0 Å². The van der Waals surface area contributed by atoms with E-state index in [0.29, 0.717) is 11.8 Å². The summed E-state index contributed by atoms with van der Waals surface area (Å²) >= 11 is 0. The van der Waals surface area contributed by atoms with Gasteiger partial charge in [0.05, 0.1) is 11.4 Å². The molecule has 0 spiro atoms. The molecule has 1 aliphatic carbocycles. The van der Waals surface area contributed by atoms with Gasteiger partial charge in [-0.25, -0.2) is 4.98 Å². The molecule has 0 fully saturated rings. The summed E-state index contributed by atoms with van der Waals surface area (Å²) in [5, 5.41) is 16.0. The zero-order valence-electron chi connectivity index (χ0n) is 18.6. The molecule has 5 heteroatoms. The Kier molecular flexibility index (Phi) is 5.09. The smallest absolute Gasteiger partial charge is 0.114 e. The van der Waals surface area contributed by atoms with Gasteiger partial charge in [0.2, 0.25) is 0 Å². The Morgan fingerprint density at radius 1 is 1.00 bits per heavy atom. The minimum atomic E-state index is 0.148. The number of nitrogens with zero attached hydrogens (tertiary/aromatic N) is 3. The molecule has 0 atom stereocenters. The summed E-state index contributed by atoms with van der Waals surface area (Å²) in [4.78, 5) is 5.01. The van der Waals surface area contributed by atoms with Crippen LogP contribution in [0.25, 0.3) is 22.8 Å². The molecule has 0 amide bonds. The Morgan fingerprint density at radius 3 is 2.38 bits per heavy atom. The molecule has 154 valence electrons. The molecule has 0 aliphatic heterocycles. The largest absolute Gasteiger partial charge is 0.282 e. The second-order valence-electron chi connectivity index (χ2n) is 9.79. The minimum Gasteiger partial charge on any atom is -0.282 e. The Labute approximate surface area is 173 Å². The third kappa shape index (κ3) is 3.63. The van der Waals surface area contributed by atoms with Crippen LogP contribution in [0.1, 0.15) is 82.8 Å². The summed E-state index contributed by atoms with van der Waals surface area (Å²) in [6.45, 7) is 13.5. The number of hydrogen-bond donors (Lipinski definition) is 2. The molecule has 2 N–H and O–H groups in total. The zero-order chi connectivity index (χ0) is 20.8. The summed E-state index contributed by atoms with van der Waals surface area (Å²) in [5.74, 6) is 0.973. The first kappa shape index (κ1) is 19.9. The predicted octanol–water partition coefficient (Wildman–Crippen LogP) is 5.80. The van der Waals surface area contributed by atoms with E-state index in [9.17, 15) is 0 Å². The van der Waals surface area contributed by atoms with E-state index < -0.39 is 0 Å². The average Bonchev–Trinajstić information content (AvgIpc) is 3.26. The van der Waals surface area contributed by atoms with Crippen LogP contribution in [0.5, 0.6) is 0 Å². The standard InChI is InChI=1S/C24H33N5/c1-14(2)13-19-20(15(3)4)22(28-26-19)18-11-7-10-17(25-18)21-16-9-8-12-24(5,6)23(16)29-27-21/h7,10-11,14-15H,8-9,12-13H2,1-6H3,(H,26,28)(H,27,29). The third-order valence-corrected chi connectivity index (χ3v) is 6.08. The van der Waals surface area contributed by atoms with Crippen molar-refractivity contribution in [3.05, 3.63) is 40.7 Å². The van der Waals surface area contributed by atoms with Gasteiger partial charge in [-0.3, -0.25) is 10.2 Å². The Morgan fingerprint density at radius 2 is 1.69 bits per heavy atom. The molecule has 0 bridgehead atoms.